The number of esters is 1. The summed E-state index contributed by atoms with van der Waals surface area (Å²) in [6.45, 7) is 5.00. The van der Waals surface area contributed by atoms with Crippen molar-refractivity contribution in [3.8, 4) is 0 Å². The highest BCUT2D eigenvalue weighted by Gasteiger charge is 2.32. The molecule has 1 aliphatic rings. The summed E-state index contributed by atoms with van der Waals surface area (Å²) in [7, 11) is -2.40. The van der Waals surface area contributed by atoms with Crippen molar-refractivity contribution in [2.24, 2.45) is 0 Å². The van der Waals surface area contributed by atoms with E-state index in [1.165, 1.54) is 47.8 Å². The smallest absolute Gasteiger partial charge is 0.338 e. The average Bonchev–Trinajstić information content (AvgIpc) is 3.02. The molecule has 0 radical (unpaired) electrons. The van der Waals surface area contributed by atoms with E-state index in [4.69, 9.17) is 4.74 Å². The van der Waals surface area contributed by atoms with E-state index in [1.807, 2.05) is 0 Å². The van der Waals surface area contributed by atoms with Gasteiger partial charge >= 0.3 is 5.97 Å². The van der Waals surface area contributed by atoms with Crippen molar-refractivity contribution in [1.29, 1.82) is 0 Å². The van der Waals surface area contributed by atoms with Gasteiger partial charge in [0.1, 0.15) is 0 Å². The minimum absolute atomic E-state index is 0.0331. The van der Waals surface area contributed by atoms with Crippen LogP contribution in [-0.2, 0) is 19.6 Å². The van der Waals surface area contributed by atoms with E-state index < -0.39 is 40.3 Å². The number of nitrogens with one attached hydrogen (secondary N) is 1. The Bertz CT molecular complexity index is 1280. The quantitative estimate of drug-likeness (QED) is 0.445. The number of anilines is 1. The molecule has 0 atom stereocenters. The number of hydrogen-bond donors (Lipinski definition) is 1. The van der Waals surface area contributed by atoms with Crippen LogP contribution in [0.5, 0.6) is 0 Å². The van der Waals surface area contributed by atoms with Gasteiger partial charge in [-0.2, -0.15) is 4.31 Å². The van der Waals surface area contributed by atoms with Crippen LogP contribution in [0.3, 0.4) is 0 Å². The first kappa shape index (κ1) is 25.1. The molecule has 0 aromatic heterocycles. The molecule has 2 aromatic carbocycles. The largest absolute Gasteiger partial charge is 0.452 e. The van der Waals surface area contributed by atoms with Crippen LogP contribution in [0.25, 0.3) is 0 Å². The van der Waals surface area contributed by atoms with Gasteiger partial charge in [-0.25, -0.2) is 13.2 Å². The van der Waals surface area contributed by atoms with Crippen molar-refractivity contribution in [3.63, 3.8) is 0 Å². The molecule has 3 rings (SSSR count). The second kappa shape index (κ2) is 9.74. The van der Waals surface area contributed by atoms with Crippen molar-refractivity contribution < 1.29 is 32.3 Å². The van der Waals surface area contributed by atoms with Crippen LogP contribution < -0.4 is 5.32 Å². The normalized spacial score (nSPS) is 13.3. The summed E-state index contributed by atoms with van der Waals surface area (Å²) in [5.74, 6) is -2.41. The summed E-state index contributed by atoms with van der Waals surface area (Å²) in [5.41, 5.74) is 1.20. The van der Waals surface area contributed by atoms with Gasteiger partial charge < -0.3 is 10.1 Å². The number of nitrogens with zero attached hydrogens (tertiary/aromatic N) is 2. The molecular formula is C23H25N3O7S. The highest BCUT2D eigenvalue weighted by molar-refractivity contribution is 7.89. The highest BCUT2D eigenvalue weighted by atomic mass is 32.2. The lowest BCUT2D eigenvalue weighted by Gasteiger charge is -2.19. The molecule has 1 aliphatic heterocycles. The van der Waals surface area contributed by atoms with Gasteiger partial charge in [-0.1, -0.05) is 19.9 Å². The molecule has 180 valence electrons. The topological polar surface area (TPSA) is 130 Å². The number of carbonyl (C=O) groups excluding carboxylic acids is 4. The SMILES string of the molecule is CCN(CC)S(=O)(=O)c1ccc(C)c(C(=O)OCC(=O)Nc2ccc3c(c2)C(=O)N(C)C3=O)c1. The Morgan fingerprint density at radius 1 is 1.00 bits per heavy atom. The maximum Gasteiger partial charge on any atom is 0.338 e. The predicted molar refractivity (Wildman–Crippen MR) is 123 cm³/mol. The zero-order valence-corrected chi connectivity index (χ0v) is 20.1. The van der Waals surface area contributed by atoms with Crippen molar-refractivity contribution in [2.75, 3.05) is 32.1 Å². The molecule has 2 aromatic rings. The van der Waals surface area contributed by atoms with E-state index in [0.29, 0.717) is 5.56 Å². The third-order valence-corrected chi connectivity index (χ3v) is 7.53. The highest BCUT2D eigenvalue weighted by Crippen LogP contribution is 2.25. The molecule has 3 amide bonds. The number of sulfonamides is 1. The second-order valence-corrected chi connectivity index (χ2v) is 9.56. The van der Waals surface area contributed by atoms with Gasteiger partial charge in [0.25, 0.3) is 17.7 Å². The van der Waals surface area contributed by atoms with Gasteiger partial charge in [-0.15, -0.1) is 0 Å². The second-order valence-electron chi connectivity index (χ2n) is 7.62. The number of aryl methyl sites for hydroxylation is 1. The summed E-state index contributed by atoms with van der Waals surface area (Å²) < 4.78 is 31.9. The number of fused-ring (bicyclic) bond motifs is 1. The molecule has 10 nitrogen and oxygen atoms in total. The fourth-order valence-electron chi connectivity index (χ4n) is 3.54. The zero-order chi connectivity index (χ0) is 25.2. The summed E-state index contributed by atoms with van der Waals surface area (Å²) in [4.78, 5) is 49.9. The van der Waals surface area contributed by atoms with Gasteiger partial charge in [0.15, 0.2) is 6.61 Å². The van der Waals surface area contributed by atoms with Crippen molar-refractivity contribution >= 4 is 39.4 Å². The van der Waals surface area contributed by atoms with Gasteiger partial charge in [-0.3, -0.25) is 19.3 Å². The fourth-order valence-corrected chi connectivity index (χ4v) is 5.02. The summed E-state index contributed by atoms with van der Waals surface area (Å²) >= 11 is 0. The Morgan fingerprint density at radius 3 is 2.29 bits per heavy atom. The number of imide groups is 1. The number of ether oxygens (including phenoxy) is 1. The molecule has 0 spiro atoms. The van der Waals surface area contributed by atoms with Crippen LogP contribution in [0.1, 0.15) is 50.5 Å². The summed E-state index contributed by atoms with van der Waals surface area (Å²) in [5, 5.41) is 2.51. The van der Waals surface area contributed by atoms with E-state index in [9.17, 15) is 27.6 Å². The Balaban J connectivity index is 1.69. The van der Waals surface area contributed by atoms with E-state index in [1.54, 1.807) is 20.8 Å². The Labute approximate surface area is 197 Å². The maximum absolute atomic E-state index is 12.8. The van der Waals surface area contributed by atoms with Crippen LogP contribution >= 0.6 is 0 Å². The summed E-state index contributed by atoms with van der Waals surface area (Å²) in [6.07, 6.45) is 0. The number of amides is 3. The molecule has 0 fully saturated rings. The maximum atomic E-state index is 12.8. The van der Waals surface area contributed by atoms with Crippen molar-refractivity contribution in [2.45, 2.75) is 25.7 Å². The molecule has 0 aliphatic carbocycles. The Morgan fingerprint density at radius 2 is 1.65 bits per heavy atom. The van der Waals surface area contributed by atoms with Crippen LogP contribution in [0.15, 0.2) is 41.3 Å². The molecular weight excluding hydrogens is 462 g/mol. The lowest BCUT2D eigenvalue weighted by molar-refractivity contribution is -0.119. The molecule has 34 heavy (non-hydrogen) atoms. The van der Waals surface area contributed by atoms with Gasteiger partial charge in [0.2, 0.25) is 10.0 Å². The molecule has 0 unspecified atom stereocenters. The molecule has 0 saturated heterocycles. The molecule has 1 N–H and O–H groups in total. The first-order valence-electron chi connectivity index (χ1n) is 10.6. The molecule has 11 heteroatoms. The van der Waals surface area contributed by atoms with Gasteiger partial charge in [0.05, 0.1) is 21.6 Å². The van der Waals surface area contributed by atoms with Crippen LogP contribution in [0, 0.1) is 6.92 Å². The fraction of sp³-hybridized carbons (Fsp3) is 0.304. The number of carbonyl (C=O) groups is 4. The molecule has 0 bridgehead atoms. The lowest BCUT2D eigenvalue weighted by atomic mass is 10.1. The van der Waals surface area contributed by atoms with Crippen molar-refractivity contribution in [3.05, 3.63) is 58.7 Å². The van der Waals surface area contributed by atoms with E-state index in [-0.39, 0.29) is 40.4 Å². The van der Waals surface area contributed by atoms with E-state index >= 15 is 0 Å². The number of benzene rings is 2. The molecule has 1 heterocycles. The Hall–Kier alpha value is -3.57. The van der Waals surface area contributed by atoms with Gasteiger partial charge in [0, 0.05) is 25.8 Å². The standard InChI is InChI=1S/C23H25N3O7S/c1-5-26(6-2)34(31,32)16-9-7-14(3)18(12-16)23(30)33-13-20(27)24-15-8-10-17-19(11-15)22(29)25(4)21(17)28/h7-12H,5-6,13H2,1-4H3,(H,24,27). The first-order chi connectivity index (χ1) is 16.0. The van der Waals surface area contributed by atoms with Crippen LogP contribution in [-0.4, -0.2) is 68.1 Å². The third-order valence-electron chi connectivity index (χ3n) is 5.48. The summed E-state index contributed by atoms with van der Waals surface area (Å²) in [6, 6.07) is 8.45. The van der Waals surface area contributed by atoms with Gasteiger partial charge in [-0.05, 0) is 42.8 Å². The van der Waals surface area contributed by atoms with Crippen LogP contribution in [0.2, 0.25) is 0 Å². The number of hydrogen-bond acceptors (Lipinski definition) is 7. The minimum Gasteiger partial charge on any atom is -0.452 e. The Kier molecular flexibility index (Phi) is 7.18. The van der Waals surface area contributed by atoms with E-state index in [0.717, 1.165) is 4.90 Å². The third kappa shape index (κ3) is 4.70. The zero-order valence-electron chi connectivity index (χ0n) is 19.2. The van der Waals surface area contributed by atoms with Crippen LogP contribution in [0.4, 0.5) is 5.69 Å². The number of rotatable bonds is 8. The van der Waals surface area contributed by atoms with E-state index in [2.05, 4.69) is 5.32 Å². The predicted octanol–water partition coefficient (Wildman–Crippen LogP) is 2.05. The average molecular weight is 488 g/mol. The molecule has 0 saturated carbocycles. The first-order valence-corrected chi connectivity index (χ1v) is 12.0. The minimum atomic E-state index is -3.77. The van der Waals surface area contributed by atoms with Crippen molar-refractivity contribution in [1.82, 2.24) is 9.21 Å². The monoisotopic (exact) mass is 487 g/mol. The lowest BCUT2D eigenvalue weighted by Crippen LogP contribution is -2.30.